The van der Waals surface area contributed by atoms with Crippen LogP contribution in [-0.4, -0.2) is 16.9 Å². The molecule has 0 amide bonds. The predicted octanol–water partition coefficient (Wildman–Crippen LogP) is 4.52. The predicted molar refractivity (Wildman–Crippen MR) is 93.4 cm³/mol. The fourth-order valence-electron chi connectivity index (χ4n) is 2.43. The van der Waals surface area contributed by atoms with E-state index in [1.165, 1.54) is 0 Å². The van der Waals surface area contributed by atoms with Crippen molar-refractivity contribution in [3.63, 3.8) is 0 Å². The third-order valence-corrected chi connectivity index (χ3v) is 4.35. The maximum Gasteiger partial charge on any atom is 0.332 e. The standard InChI is InChI=1S/C17H12Cl2N2O2/c18-13-3-1-2-12(16(13)19)9-4-5-14-10(6-9)7-11(17(22)23)8-15(20)21-14/h1-7H,8H2,(H2,20,21)(H,22,23). The molecule has 116 valence electrons. The van der Waals surface area contributed by atoms with E-state index in [2.05, 4.69) is 4.99 Å². The van der Waals surface area contributed by atoms with E-state index in [0.717, 1.165) is 11.1 Å². The van der Waals surface area contributed by atoms with Crippen LogP contribution in [0.25, 0.3) is 17.2 Å². The molecule has 0 aliphatic carbocycles. The summed E-state index contributed by atoms with van der Waals surface area (Å²) in [6.07, 6.45) is 1.69. The Bertz CT molecular complexity index is 873. The quantitative estimate of drug-likeness (QED) is 0.839. The van der Waals surface area contributed by atoms with Gasteiger partial charge in [-0.1, -0.05) is 41.4 Å². The number of benzene rings is 2. The van der Waals surface area contributed by atoms with Crippen LogP contribution in [0.2, 0.25) is 10.0 Å². The smallest absolute Gasteiger partial charge is 0.332 e. The third-order valence-electron chi connectivity index (χ3n) is 3.53. The molecule has 0 fully saturated rings. The Balaban J connectivity index is 2.17. The van der Waals surface area contributed by atoms with Crippen molar-refractivity contribution in [2.75, 3.05) is 0 Å². The number of carbonyl (C=O) groups is 1. The number of amidine groups is 1. The van der Waals surface area contributed by atoms with Gasteiger partial charge in [-0.2, -0.15) is 0 Å². The number of rotatable bonds is 2. The zero-order valence-electron chi connectivity index (χ0n) is 11.9. The fourth-order valence-corrected chi connectivity index (χ4v) is 2.84. The number of hydrogen-bond acceptors (Lipinski definition) is 3. The summed E-state index contributed by atoms with van der Waals surface area (Å²) in [5.74, 6) is -0.742. The van der Waals surface area contributed by atoms with E-state index in [1.54, 1.807) is 18.2 Å². The molecule has 0 unspecified atom stereocenters. The van der Waals surface area contributed by atoms with E-state index >= 15 is 0 Å². The largest absolute Gasteiger partial charge is 0.478 e. The molecule has 1 aliphatic rings. The van der Waals surface area contributed by atoms with Crippen LogP contribution >= 0.6 is 23.2 Å². The van der Waals surface area contributed by atoms with Gasteiger partial charge in [-0.15, -0.1) is 0 Å². The molecule has 0 saturated heterocycles. The first-order chi connectivity index (χ1) is 11.0. The molecule has 0 saturated carbocycles. The van der Waals surface area contributed by atoms with Crippen LogP contribution in [0.1, 0.15) is 12.0 Å². The molecule has 0 atom stereocenters. The molecular formula is C17H12Cl2N2O2. The summed E-state index contributed by atoms with van der Waals surface area (Å²) < 4.78 is 0. The second kappa shape index (κ2) is 6.07. The number of hydrogen-bond donors (Lipinski definition) is 2. The Morgan fingerprint density at radius 2 is 2.00 bits per heavy atom. The third kappa shape index (κ3) is 3.09. The lowest BCUT2D eigenvalue weighted by atomic mass is 10.0. The lowest BCUT2D eigenvalue weighted by molar-refractivity contribution is -0.132. The summed E-state index contributed by atoms with van der Waals surface area (Å²) in [6, 6.07) is 10.8. The van der Waals surface area contributed by atoms with Gasteiger partial charge in [-0.05, 0) is 29.8 Å². The molecule has 2 aromatic rings. The van der Waals surface area contributed by atoms with Crippen LogP contribution < -0.4 is 5.73 Å². The van der Waals surface area contributed by atoms with Crippen molar-refractivity contribution in [1.82, 2.24) is 0 Å². The highest BCUT2D eigenvalue weighted by atomic mass is 35.5. The Morgan fingerprint density at radius 3 is 2.74 bits per heavy atom. The lowest BCUT2D eigenvalue weighted by Gasteiger charge is -2.08. The van der Waals surface area contributed by atoms with Crippen molar-refractivity contribution in [3.8, 4) is 11.1 Å². The molecule has 4 nitrogen and oxygen atoms in total. The molecule has 1 heterocycles. The lowest BCUT2D eigenvalue weighted by Crippen LogP contribution is -2.14. The van der Waals surface area contributed by atoms with Gasteiger partial charge in [0.1, 0.15) is 5.84 Å². The van der Waals surface area contributed by atoms with Gasteiger partial charge in [0.2, 0.25) is 0 Å². The number of carboxylic acids is 1. The Labute approximate surface area is 142 Å². The van der Waals surface area contributed by atoms with Gasteiger partial charge < -0.3 is 10.8 Å². The van der Waals surface area contributed by atoms with E-state index in [9.17, 15) is 9.90 Å². The minimum Gasteiger partial charge on any atom is -0.478 e. The molecule has 0 aromatic heterocycles. The molecule has 3 rings (SSSR count). The minimum atomic E-state index is -1.01. The zero-order valence-corrected chi connectivity index (χ0v) is 13.4. The maximum absolute atomic E-state index is 11.3. The summed E-state index contributed by atoms with van der Waals surface area (Å²) in [7, 11) is 0. The second-order valence-electron chi connectivity index (χ2n) is 5.13. The van der Waals surface area contributed by atoms with E-state index in [0.29, 0.717) is 21.3 Å². The van der Waals surface area contributed by atoms with Crippen LogP contribution in [0.3, 0.4) is 0 Å². The van der Waals surface area contributed by atoms with Gasteiger partial charge >= 0.3 is 5.97 Å². The first kappa shape index (κ1) is 15.6. The van der Waals surface area contributed by atoms with Crippen molar-refractivity contribution >= 4 is 46.8 Å². The van der Waals surface area contributed by atoms with Crippen molar-refractivity contribution < 1.29 is 9.90 Å². The van der Waals surface area contributed by atoms with Crippen LogP contribution in [-0.2, 0) is 4.79 Å². The molecule has 2 aromatic carbocycles. The van der Waals surface area contributed by atoms with Gasteiger partial charge in [-0.3, -0.25) is 0 Å². The van der Waals surface area contributed by atoms with Crippen LogP contribution in [0.5, 0.6) is 0 Å². The van der Waals surface area contributed by atoms with E-state index in [4.69, 9.17) is 28.9 Å². The monoisotopic (exact) mass is 346 g/mol. The van der Waals surface area contributed by atoms with E-state index in [-0.39, 0.29) is 17.8 Å². The molecule has 0 bridgehead atoms. The molecule has 1 aliphatic heterocycles. The average molecular weight is 347 g/mol. The number of nitrogens with two attached hydrogens (primary N) is 1. The first-order valence-corrected chi connectivity index (χ1v) is 7.56. The Kier molecular flexibility index (Phi) is 4.11. The van der Waals surface area contributed by atoms with Crippen molar-refractivity contribution in [1.29, 1.82) is 0 Å². The average Bonchev–Trinajstić information content (AvgIpc) is 2.67. The SMILES string of the molecule is NC1=Nc2ccc(-c3cccc(Cl)c3Cl)cc2C=C(C(=O)O)C1. The van der Waals surface area contributed by atoms with Crippen molar-refractivity contribution in [2.45, 2.75) is 6.42 Å². The summed E-state index contributed by atoms with van der Waals surface area (Å²) in [5, 5.41) is 10.2. The zero-order chi connectivity index (χ0) is 16.6. The molecule has 23 heavy (non-hydrogen) atoms. The number of carboxylic acid groups (broad SMARTS) is 1. The number of halogens is 2. The van der Waals surface area contributed by atoms with Crippen molar-refractivity contribution in [2.24, 2.45) is 10.7 Å². The number of aliphatic imine (C=N–C) groups is 1. The van der Waals surface area contributed by atoms with Crippen LogP contribution in [0.15, 0.2) is 47.0 Å². The number of fused-ring (bicyclic) bond motifs is 1. The molecule has 3 N–H and O–H groups in total. The topological polar surface area (TPSA) is 75.7 Å². The summed E-state index contributed by atoms with van der Waals surface area (Å²) in [6.45, 7) is 0. The van der Waals surface area contributed by atoms with Crippen LogP contribution in [0, 0.1) is 0 Å². The number of nitrogens with zero attached hydrogens (tertiary/aromatic N) is 1. The summed E-state index contributed by atoms with van der Waals surface area (Å²) in [4.78, 5) is 15.6. The second-order valence-corrected chi connectivity index (χ2v) is 5.91. The molecular weight excluding hydrogens is 335 g/mol. The summed E-state index contributed by atoms with van der Waals surface area (Å²) in [5.41, 5.74) is 8.87. The van der Waals surface area contributed by atoms with Crippen molar-refractivity contribution in [3.05, 3.63) is 57.6 Å². The highest BCUT2D eigenvalue weighted by Crippen LogP contribution is 2.36. The first-order valence-electron chi connectivity index (χ1n) is 6.81. The highest BCUT2D eigenvalue weighted by Gasteiger charge is 2.16. The Morgan fingerprint density at radius 1 is 1.22 bits per heavy atom. The van der Waals surface area contributed by atoms with Gasteiger partial charge in [0.05, 0.1) is 15.7 Å². The van der Waals surface area contributed by atoms with E-state index < -0.39 is 5.97 Å². The normalized spacial score (nSPS) is 13.7. The number of aliphatic carboxylic acids is 1. The highest BCUT2D eigenvalue weighted by molar-refractivity contribution is 6.43. The van der Waals surface area contributed by atoms with Gasteiger partial charge in [0.25, 0.3) is 0 Å². The minimum absolute atomic E-state index is 0.108. The maximum atomic E-state index is 11.3. The molecule has 6 heteroatoms. The van der Waals surface area contributed by atoms with E-state index in [1.807, 2.05) is 24.3 Å². The Hall–Kier alpha value is -2.30. The fraction of sp³-hybridized carbons (Fsp3) is 0.0588. The van der Waals surface area contributed by atoms with Gasteiger partial charge in [-0.25, -0.2) is 9.79 Å². The van der Waals surface area contributed by atoms with Gasteiger partial charge in [0, 0.05) is 23.1 Å². The van der Waals surface area contributed by atoms with Gasteiger partial charge in [0.15, 0.2) is 0 Å². The molecule has 0 spiro atoms. The van der Waals surface area contributed by atoms with Crippen LogP contribution in [0.4, 0.5) is 5.69 Å². The summed E-state index contributed by atoms with van der Waals surface area (Å²) >= 11 is 12.3. The molecule has 0 radical (unpaired) electrons.